The molecule has 1 atom stereocenters. The molecule has 2 rings (SSSR count). The number of amides is 1. The molecule has 6 nitrogen and oxygen atoms in total. The lowest BCUT2D eigenvalue weighted by atomic mass is 9.99. The summed E-state index contributed by atoms with van der Waals surface area (Å²) < 4.78 is 10.8. The Morgan fingerprint density at radius 1 is 1.33 bits per heavy atom. The van der Waals surface area contributed by atoms with E-state index in [1.165, 1.54) is 0 Å². The standard InChI is InChI=1S/C18H29N3O3/c1-13(2)15-12-20(17(22)24-18(3,4)5)9-10-21(15)14-7-8-19-16(11-14)23-6/h7-8,11,13,15H,9-10,12H2,1-6H3/t15-/m0/s1. The number of carbonyl (C=O) groups is 1. The Kier molecular flexibility index (Phi) is 5.57. The van der Waals surface area contributed by atoms with Gasteiger partial charge in [0.15, 0.2) is 0 Å². The van der Waals surface area contributed by atoms with Gasteiger partial charge >= 0.3 is 6.09 Å². The van der Waals surface area contributed by atoms with Gasteiger partial charge in [-0.3, -0.25) is 0 Å². The average molecular weight is 335 g/mol. The smallest absolute Gasteiger partial charge is 0.410 e. The fraction of sp³-hybridized carbons (Fsp3) is 0.667. The molecule has 1 aromatic rings. The minimum atomic E-state index is -0.472. The maximum atomic E-state index is 12.4. The molecule has 134 valence electrons. The number of hydrogen-bond acceptors (Lipinski definition) is 5. The zero-order valence-corrected chi connectivity index (χ0v) is 15.6. The third-order valence-corrected chi connectivity index (χ3v) is 4.10. The van der Waals surface area contributed by atoms with Gasteiger partial charge in [0.05, 0.1) is 7.11 Å². The number of nitrogens with zero attached hydrogens (tertiary/aromatic N) is 3. The average Bonchev–Trinajstić information content (AvgIpc) is 2.52. The van der Waals surface area contributed by atoms with Gasteiger partial charge in [0.25, 0.3) is 0 Å². The molecule has 1 aliphatic rings. The van der Waals surface area contributed by atoms with Gasteiger partial charge in [-0.15, -0.1) is 0 Å². The first-order chi connectivity index (χ1) is 11.2. The van der Waals surface area contributed by atoms with E-state index in [0.717, 1.165) is 12.2 Å². The number of hydrogen-bond donors (Lipinski definition) is 0. The van der Waals surface area contributed by atoms with Crippen LogP contribution in [0.25, 0.3) is 0 Å². The third kappa shape index (κ3) is 4.52. The van der Waals surface area contributed by atoms with E-state index in [9.17, 15) is 4.79 Å². The van der Waals surface area contributed by atoms with Crippen LogP contribution >= 0.6 is 0 Å². The van der Waals surface area contributed by atoms with Gasteiger partial charge in [-0.2, -0.15) is 0 Å². The van der Waals surface area contributed by atoms with Crippen LogP contribution in [0.5, 0.6) is 5.88 Å². The summed E-state index contributed by atoms with van der Waals surface area (Å²) in [5.41, 5.74) is 0.601. The van der Waals surface area contributed by atoms with Gasteiger partial charge in [0.1, 0.15) is 5.60 Å². The number of anilines is 1. The number of carbonyl (C=O) groups excluding carboxylic acids is 1. The maximum absolute atomic E-state index is 12.4. The molecule has 0 N–H and O–H groups in total. The highest BCUT2D eigenvalue weighted by Crippen LogP contribution is 2.27. The van der Waals surface area contributed by atoms with Gasteiger partial charge < -0.3 is 19.3 Å². The highest BCUT2D eigenvalue weighted by molar-refractivity contribution is 5.69. The number of pyridine rings is 1. The molecular weight excluding hydrogens is 306 g/mol. The summed E-state index contributed by atoms with van der Waals surface area (Å²) in [6.45, 7) is 12.1. The zero-order valence-electron chi connectivity index (χ0n) is 15.6. The van der Waals surface area contributed by atoms with Crippen molar-refractivity contribution < 1.29 is 14.3 Å². The molecule has 1 saturated heterocycles. The van der Waals surface area contributed by atoms with E-state index < -0.39 is 5.60 Å². The Morgan fingerprint density at radius 2 is 2.04 bits per heavy atom. The second-order valence-corrected chi connectivity index (χ2v) is 7.49. The number of ether oxygens (including phenoxy) is 2. The molecule has 0 radical (unpaired) electrons. The van der Waals surface area contributed by atoms with Gasteiger partial charge in [-0.05, 0) is 32.8 Å². The maximum Gasteiger partial charge on any atom is 0.410 e. The van der Waals surface area contributed by atoms with E-state index in [0.29, 0.717) is 24.9 Å². The quantitative estimate of drug-likeness (QED) is 0.849. The Labute approximate surface area is 144 Å². The fourth-order valence-corrected chi connectivity index (χ4v) is 2.88. The van der Waals surface area contributed by atoms with Crippen molar-refractivity contribution in [1.82, 2.24) is 9.88 Å². The van der Waals surface area contributed by atoms with Crippen LogP contribution in [0, 0.1) is 5.92 Å². The van der Waals surface area contributed by atoms with Crippen LogP contribution in [0.3, 0.4) is 0 Å². The van der Waals surface area contributed by atoms with Gasteiger partial charge in [0.2, 0.25) is 5.88 Å². The summed E-state index contributed by atoms with van der Waals surface area (Å²) in [5.74, 6) is 0.999. The van der Waals surface area contributed by atoms with Crippen molar-refractivity contribution in [3.63, 3.8) is 0 Å². The lowest BCUT2D eigenvalue weighted by Gasteiger charge is -2.44. The van der Waals surface area contributed by atoms with Crippen molar-refractivity contribution in [3.05, 3.63) is 18.3 Å². The van der Waals surface area contributed by atoms with E-state index in [2.05, 4.69) is 23.7 Å². The summed E-state index contributed by atoms with van der Waals surface area (Å²) in [7, 11) is 1.62. The van der Waals surface area contributed by atoms with E-state index in [1.807, 2.05) is 37.8 Å². The first kappa shape index (κ1) is 18.4. The number of rotatable bonds is 3. The second-order valence-electron chi connectivity index (χ2n) is 7.49. The van der Waals surface area contributed by atoms with Crippen LogP contribution in [-0.4, -0.2) is 54.4 Å². The lowest BCUT2D eigenvalue weighted by Crippen LogP contribution is -2.57. The summed E-state index contributed by atoms with van der Waals surface area (Å²) in [4.78, 5) is 20.7. The highest BCUT2D eigenvalue weighted by atomic mass is 16.6. The van der Waals surface area contributed by atoms with Crippen LogP contribution < -0.4 is 9.64 Å². The molecule has 1 fully saturated rings. The molecule has 6 heteroatoms. The molecule has 1 amide bonds. The summed E-state index contributed by atoms with van der Waals surface area (Å²) in [6.07, 6.45) is 1.52. The Morgan fingerprint density at radius 3 is 2.62 bits per heavy atom. The Bertz CT molecular complexity index is 569. The van der Waals surface area contributed by atoms with Crippen molar-refractivity contribution in [2.75, 3.05) is 31.6 Å². The largest absolute Gasteiger partial charge is 0.481 e. The van der Waals surface area contributed by atoms with Crippen molar-refractivity contribution in [3.8, 4) is 5.88 Å². The van der Waals surface area contributed by atoms with Crippen molar-refractivity contribution in [2.24, 2.45) is 5.92 Å². The first-order valence-electron chi connectivity index (χ1n) is 8.46. The minimum absolute atomic E-state index is 0.221. The minimum Gasteiger partial charge on any atom is -0.481 e. The van der Waals surface area contributed by atoms with E-state index in [4.69, 9.17) is 9.47 Å². The summed E-state index contributed by atoms with van der Waals surface area (Å²) in [5, 5.41) is 0. The van der Waals surface area contributed by atoms with Crippen LogP contribution in [0.4, 0.5) is 10.5 Å². The molecule has 1 aromatic heterocycles. The van der Waals surface area contributed by atoms with Crippen LogP contribution in [0.1, 0.15) is 34.6 Å². The fourth-order valence-electron chi connectivity index (χ4n) is 2.88. The number of methoxy groups -OCH3 is 1. The normalized spacial score (nSPS) is 18.7. The van der Waals surface area contributed by atoms with Gasteiger partial charge in [-0.25, -0.2) is 9.78 Å². The van der Waals surface area contributed by atoms with E-state index in [1.54, 1.807) is 13.3 Å². The third-order valence-electron chi connectivity index (χ3n) is 4.10. The molecule has 0 unspecified atom stereocenters. The monoisotopic (exact) mass is 335 g/mol. The molecule has 0 bridgehead atoms. The topological polar surface area (TPSA) is 54.9 Å². The molecule has 0 saturated carbocycles. The van der Waals surface area contributed by atoms with Crippen molar-refractivity contribution in [1.29, 1.82) is 0 Å². The highest BCUT2D eigenvalue weighted by Gasteiger charge is 2.33. The lowest BCUT2D eigenvalue weighted by molar-refractivity contribution is 0.0202. The molecule has 0 spiro atoms. The van der Waals surface area contributed by atoms with E-state index >= 15 is 0 Å². The first-order valence-corrected chi connectivity index (χ1v) is 8.46. The van der Waals surface area contributed by atoms with Crippen LogP contribution in [0.2, 0.25) is 0 Å². The predicted molar refractivity (Wildman–Crippen MR) is 94.6 cm³/mol. The molecular formula is C18H29N3O3. The SMILES string of the molecule is COc1cc(N2CCN(C(=O)OC(C)(C)C)C[C@H]2C(C)C)ccn1. The Hall–Kier alpha value is -1.98. The molecule has 1 aliphatic heterocycles. The zero-order chi connectivity index (χ0) is 17.9. The van der Waals surface area contributed by atoms with E-state index in [-0.39, 0.29) is 12.1 Å². The second kappa shape index (κ2) is 7.28. The van der Waals surface area contributed by atoms with Crippen molar-refractivity contribution >= 4 is 11.8 Å². The summed E-state index contributed by atoms with van der Waals surface area (Å²) >= 11 is 0. The summed E-state index contributed by atoms with van der Waals surface area (Å²) in [6, 6.07) is 4.15. The number of piperazine rings is 1. The van der Waals surface area contributed by atoms with Gasteiger partial charge in [0, 0.05) is 43.6 Å². The van der Waals surface area contributed by atoms with Gasteiger partial charge in [-0.1, -0.05) is 13.8 Å². The molecule has 24 heavy (non-hydrogen) atoms. The number of aromatic nitrogens is 1. The van der Waals surface area contributed by atoms with Crippen LogP contribution in [0.15, 0.2) is 18.3 Å². The predicted octanol–water partition coefficient (Wildman–Crippen LogP) is 3.17. The molecule has 0 aliphatic carbocycles. The van der Waals surface area contributed by atoms with Crippen LogP contribution in [-0.2, 0) is 4.74 Å². The van der Waals surface area contributed by atoms with Crippen molar-refractivity contribution in [2.45, 2.75) is 46.3 Å². The Balaban J connectivity index is 2.15. The molecule has 2 heterocycles. The molecule has 0 aromatic carbocycles.